The van der Waals surface area contributed by atoms with Gasteiger partial charge >= 0.3 is 0 Å². The lowest BCUT2D eigenvalue weighted by Gasteiger charge is -2.20. The van der Waals surface area contributed by atoms with Crippen LogP contribution >= 0.6 is 12.2 Å². The summed E-state index contributed by atoms with van der Waals surface area (Å²) in [6, 6.07) is 6.43. The molecule has 0 fully saturated rings. The molecule has 0 bridgehead atoms. The first-order valence-electron chi connectivity index (χ1n) is 8.41. The van der Waals surface area contributed by atoms with Gasteiger partial charge in [-0.3, -0.25) is 10.3 Å². The van der Waals surface area contributed by atoms with Crippen LogP contribution in [0.2, 0.25) is 0 Å². The predicted molar refractivity (Wildman–Crippen MR) is 106 cm³/mol. The normalized spacial score (nSPS) is 11.8. The maximum Gasteiger partial charge on any atom is 0.187 e. The Kier molecular flexibility index (Phi) is 8.71. The van der Waals surface area contributed by atoms with Crippen molar-refractivity contribution < 1.29 is 4.74 Å². The quantitative estimate of drug-likeness (QED) is 0.428. The Morgan fingerprint density at radius 3 is 2.50 bits per heavy atom. The Morgan fingerprint density at radius 2 is 1.96 bits per heavy atom. The number of benzene rings is 1. The van der Waals surface area contributed by atoms with E-state index in [0.29, 0.717) is 5.11 Å². The Labute approximate surface area is 151 Å². The van der Waals surface area contributed by atoms with Crippen molar-refractivity contribution in [2.45, 2.75) is 47.2 Å². The maximum atomic E-state index is 5.50. The van der Waals surface area contributed by atoms with Gasteiger partial charge in [-0.1, -0.05) is 13.8 Å². The first-order valence-corrected chi connectivity index (χ1v) is 8.82. The molecule has 2 N–H and O–H groups in total. The summed E-state index contributed by atoms with van der Waals surface area (Å²) in [4.78, 5) is 2.36. The Hall–Kier alpha value is -1.66. The number of hydrazone groups is 1. The minimum atomic E-state index is 0.280. The second kappa shape index (κ2) is 10.3. The van der Waals surface area contributed by atoms with Crippen molar-refractivity contribution in [3.63, 3.8) is 0 Å². The van der Waals surface area contributed by atoms with Crippen molar-refractivity contribution in [3.8, 4) is 5.75 Å². The van der Waals surface area contributed by atoms with Gasteiger partial charge in [0.05, 0.1) is 12.8 Å². The summed E-state index contributed by atoms with van der Waals surface area (Å²) in [5, 5.41) is 8.01. The van der Waals surface area contributed by atoms with Crippen molar-refractivity contribution in [3.05, 3.63) is 29.3 Å². The number of hydrogen-bond donors (Lipinski definition) is 2. The zero-order valence-electron chi connectivity index (χ0n) is 15.6. The third-order valence-corrected chi connectivity index (χ3v) is 3.94. The number of thiocarbonyl (C=S) groups is 1. The lowest BCUT2D eigenvalue weighted by Crippen LogP contribution is -2.37. The summed E-state index contributed by atoms with van der Waals surface area (Å²) in [7, 11) is 1.71. The van der Waals surface area contributed by atoms with Crippen LogP contribution in [0.4, 0.5) is 0 Å². The highest BCUT2D eigenvalue weighted by Gasteiger charge is 2.10. The zero-order valence-corrected chi connectivity index (χ0v) is 16.5. The standard InChI is InChI=1S/C18H30N4OS/c1-7-22(8-2)12-16-11-15(9-10-17(16)23-6)14(5)20-21-18(24)19-13(3)4/h9-11,13H,7-8,12H2,1-6H3,(H2,19,21,24)/b20-14-. The molecule has 24 heavy (non-hydrogen) atoms. The van der Waals surface area contributed by atoms with E-state index >= 15 is 0 Å². The highest BCUT2D eigenvalue weighted by molar-refractivity contribution is 7.80. The van der Waals surface area contributed by atoms with Gasteiger partial charge in [-0.15, -0.1) is 0 Å². The molecule has 1 aromatic rings. The highest BCUT2D eigenvalue weighted by Crippen LogP contribution is 2.22. The third-order valence-electron chi connectivity index (χ3n) is 3.73. The molecule has 0 unspecified atom stereocenters. The summed E-state index contributed by atoms with van der Waals surface area (Å²) in [6.45, 7) is 13.2. The molecule has 0 aliphatic carbocycles. The van der Waals surface area contributed by atoms with Crippen LogP contribution in [0.3, 0.4) is 0 Å². The molecular weight excluding hydrogens is 320 g/mol. The van der Waals surface area contributed by atoms with Crippen LogP contribution in [0.15, 0.2) is 23.3 Å². The predicted octanol–water partition coefficient (Wildman–Crippen LogP) is 3.13. The number of hydrogen-bond acceptors (Lipinski definition) is 4. The molecule has 134 valence electrons. The van der Waals surface area contributed by atoms with E-state index < -0.39 is 0 Å². The molecule has 0 radical (unpaired) electrons. The molecule has 1 rings (SSSR count). The Bertz CT molecular complexity index is 568. The second-order valence-electron chi connectivity index (χ2n) is 5.93. The van der Waals surface area contributed by atoms with Crippen molar-refractivity contribution in [2.24, 2.45) is 5.10 Å². The zero-order chi connectivity index (χ0) is 18.1. The average molecular weight is 351 g/mol. The fourth-order valence-corrected chi connectivity index (χ4v) is 2.59. The van der Waals surface area contributed by atoms with E-state index in [1.807, 2.05) is 32.9 Å². The van der Waals surface area contributed by atoms with E-state index in [0.717, 1.165) is 42.2 Å². The van der Waals surface area contributed by atoms with Crippen LogP contribution < -0.4 is 15.5 Å². The van der Waals surface area contributed by atoms with Crippen LogP contribution in [-0.4, -0.2) is 42.0 Å². The van der Waals surface area contributed by atoms with Crippen LogP contribution in [0, 0.1) is 0 Å². The molecule has 0 aliphatic heterocycles. The molecule has 0 amide bonds. The van der Waals surface area contributed by atoms with Crippen LogP contribution in [0.1, 0.15) is 45.7 Å². The molecule has 0 atom stereocenters. The van der Waals surface area contributed by atoms with Crippen molar-refractivity contribution >= 4 is 23.0 Å². The number of methoxy groups -OCH3 is 1. The molecule has 5 nitrogen and oxygen atoms in total. The highest BCUT2D eigenvalue weighted by atomic mass is 32.1. The van der Waals surface area contributed by atoms with E-state index in [4.69, 9.17) is 17.0 Å². The first-order chi connectivity index (χ1) is 11.4. The summed E-state index contributed by atoms with van der Waals surface area (Å²) < 4.78 is 5.50. The summed E-state index contributed by atoms with van der Waals surface area (Å²) in [6.07, 6.45) is 0. The minimum absolute atomic E-state index is 0.280. The number of nitrogens with one attached hydrogen (secondary N) is 2. The van der Waals surface area contributed by atoms with E-state index in [2.05, 4.69) is 40.7 Å². The van der Waals surface area contributed by atoms with Crippen molar-refractivity contribution in [1.29, 1.82) is 0 Å². The number of nitrogens with zero attached hydrogens (tertiary/aromatic N) is 2. The minimum Gasteiger partial charge on any atom is -0.496 e. The van der Waals surface area contributed by atoms with Gasteiger partial charge in [-0.2, -0.15) is 5.10 Å². The van der Waals surface area contributed by atoms with Crippen molar-refractivity contribution in [2.75, 3.05) is 20.2 Å². The molecule has 0 aromatic heterocycles. The van der Waals surface area contributed by atoms with Crippen LogP contribution in [0.25, 0.3) is 0 Å². The summed E-state index contributed by atoms with van der Waals surface area (Å²) in [5.74, 6) is 0.906. The first kappa shape index (κ1) is 20.4. The molecule has 6 heteroatoms. The van der Waals surface area contributed by atoms with E-state index in [1.165, 1.54) is 0 Å². The van der Waals surface area contributed by atoms with Gasteiger partial charge in [0.1, 0.15) is 5.75 Å². The number of rotatable bonds is 8. The van der Waals surface area contributed by atoms with E-state index in [-0.39, 0.29) is 6.04 Å². The van der Waals surface area contributed by atoms with Crippen LogP contribution in [0.5, 0.6) is 5.75 Å². The van der Waals surface area contributed by atoms with Gasteiger partial charge in [0.15, 0.2) is 5.11 Å². The molecule has 1 aromatic carbocycles. The lowest BCUT2D eigenvalue weighted by molar-refractivity contribution is 0.289. The van der Waals surface area contributed by atoms with E-state index in [9.17, 15) is 0 Å². The van der Waals surface area contributed by atoms with Gasteiger partial charge in [0, 0.05) is 18.2 Å². The maximum absolute atomic E-state index is 5.50. The molecule has 0 spiro atoms. The monoisotopic (exact) mass is 350 g/mol. The SMILES string of the molecule is CCN(CC)Cc1cc(/C(C)=N\NC(=S)NC(C)C)ccc1OC. The van der Waals surface area contributed by atoms with Gasteiger partial charge in [0.2, 0.25) is 0 Å². The van der Waals surface area contributed by atoms with Gasteiger partial charge < -0.3 is 10.1 Å². The Morgan fingerprint density at radius 1 is 1.29 bits per heavy atom. The Balaban J connectivity index is 2.93. The van der Waals surface area contributed by atoms with Gasteiger partial charge in [-0.05, 0) is 69.8 Å². The van der Waals surface area contributed by atoms with Crippen LogP contribution in [-0.2, 0) is 6.54 Å². The topological polar surface area (TPSA) is 48.9 Å². The fourth-order valence-electron chi connectivity index (χ4n) is 2.31. The molecule has 0 saturated carbocycles. The molecule has 0 aliphatic rings. The lowest BCUT2D eigenvalue weighted by atomic mass is 10.1. The second-order valence-corrected chi connectivity index (χ2v) is 6.33. The largest absolute Gasteiger partial charge is 0.496 e. The third kappa shape index (κ3) is 6.45. The molecule has 0 saturated heterocycles. The van der Waals surface area contributed by atoms with Gasteiger partial charge in [0.25, 0.3) is 0 Å². The fraction of sp³-hybridized carbons (Fsp3) is 0.556. The average Bonchev–Trinajstić information content (AvgIpc) is 2.56. The number of ether oxygens (including phenoxy) is 1. The van der Waals surface area contributed by atoms with E-state index in [1.54, 1.807) is 7.11 Å². The smallest absolute Gasteiger partial charge is 0.187 e. The molecular formula is C18H30N4OS. The molecule has 0 heterocycles. The summed E-state index contributed by atoms with van der Waals surface area (Å²) in [5.41, 5.74) is 5.99. The summed E-state index contributed by atoms with van der Waals surface area (Å²) >= 11 is 5.20. The van der Waals surface area contributed by atoms with Crippen molar-refractivity contribution in [1.82, 2.24) is 15.6 Å². The van der Waals surface area contributed by atoms with Gasteiger partial charge in [-0.25, -0.2) is 0 Å².